The summed E-state index contributed by atoms with van der Waals surface area (Å²) in [5, 5.41) is 0. The van der Waals surface area contributed by atoms with E-state index in [1.54, 1.807) is 6.92 Å². The highest BCUT2D eigenvalue weighted by atomic mass is 16.5. The molecule has 1 atom stereocenters. The van der Waals surface area contributed by atoms with E-state index in [1.165, 1.54) is 58.0 Å². The highest BCUT2D eigenvalue weighted by molar-refractivity contribution is 5.75. The Morgan fingerprint density at radius 1 is 0.808 bits per heavy atom. The number of hydrogen-bond donors (Lipinski definition) is 0. The SMILES string of the molecule is CCC(C)OC(=O)CCCCCCCN(C)CCCCCCCC(C)=O. The van der Waals surface area contributed by atoms with Crippen LogP contribution in [0.4, 0.5) is 0 Å². The van der Waals surface area contributed by atoms with Gasteiger partial charge in [0.1, 0.15) is 5.78 Å². The van der Waals surface area contributed by atoms with Crippen LogP contribution in [-0.2, 0) is 14.3 Å². The van der Waals surface area contributed by atoms with Crippen molar-refractivity contribution < 1.29 is 14.3 Å². The van der Waals surface area contributed by atoms with Gasteiger partial charge in [-0.15, -0.1) is 0 Å². The fraction of sp³-hybridized carbons (Fsp3) is 0.909. The third-order valence-corrected chi connectivity index (χ3v) is 4.90. The zero-order chi connectivity index (χ0) is 19.6. The van der Waals surface area contributed by atoms with E-state index in [2.05, 4.69) is 11.9 Å². The molecule has 0 rings (SSSR count). The maximum atomic E-state index is 11.6. The molecule has 0 saturated carbocycles. The topological polar surface area (TPSA) is 46.6 Å². The quantitative estimate of drug-likeness (QED) is 0.235. The Balaban J connectivity index is 3.32. The van der Waals surface area contributed by atoms with E-state index >= 15 is 0 Å². The predicted molar refractivity (Wildman–Crippen MR) is 109 cm³/mol. The Hall–Kier alpha value is -0.900. The van der Waals surface area contributed by atoms with E-state index in [9.17, 15) is 9.59 Å². The summed E-state index contributed by atoms with van der Waals surface area (Å²) in [6.45, 7) is 8.00. The van der Waals surface area contributed by atoms with Crippen LogP contribution >= 0.6 is 0 Å². The van der Waals surface area contributed by atoms with Gasteiger partial charge in [0.05, 0.1) is 6.10 Å². The van der Waals surface area contributed by atoms with Crippen LogP contribution in [0.2, 0.25) is 0 Å². The number of nitrogens with zero attached hydrogens (tertiary/aromatic N) is 1. The molecule has 0 saturated heterocycles. The van der Waals surface area contributed by atoms with E-state index in [0.717, 1.165) is 32.1 Å². The molecular weight excluding hydrogens is 326 g/mol. The molecule has 0 aromatic carbocycles. The zero-order valence-corrected chi connectivity index (χ0v) is 17.9. The Morgan fingerprint density at radius 3 is 1.77 bits per heavy atom. The zero-order valence-electron chi connectivity index (χ0n) is 17.9. The number of Topliss-reactive ketones (excluding diaryl/α,β-unsaturated/α-hetero) is 1. The van der Waals surface area contributed by atoms with Crippen LogP contribution < -0.4 is 0 Å². The summed E-state index contributed by atoms with van der Waals surface area (Å²) in [7, 11) is 2.21. The molecule has 0 bridgehead atoms. The van der Waals surface area contributed by atoms with Crippen molar-refractivity contribution in [3.05, 3.63) is 0 Å². The average molecular weight is 370 g/mol. The van der Waals surface area contributed by atoms with Crippen molar-refractivity contribution in [2.24, 2.45) is 0 Å². The highest BCUT2D eigenvalue weighted by Gasteiger charge is 2.07. The third-order valence-electron chi connectivity index (χ3n) is 4.90. The number of rotatable bonds is 18. The van der Waals surface area contributed by atoms with Crippen molar-refractivity contribution >= 4 is 11.8 Å². The molecule has 0 aromatic heterocycles. The molecule has 0 spiro atoms. The molecule has 0 heterocycles. The minimum atomic E-state index is -0.0413. The summed E-state index contributed by atoms with van der Waals surface area (Å²) in [5.74, 6) is 0.274. The monoisotopic (exact) mass is 369 g/mol. The molecule has 0 aromatic rings. The van der Waals surface area contributed by atoms with Gasteiger partial charge < -0.3 is 14.4 Å². The first-order chi connectivity index (χ1) is 12.5. The van der Waals surface area contributed by atoms with Crippen molar-refractivity contribution in [1.82, 2.24) is 4.90 Å². The van der Waals surface area contributed by atoms with Crippen molar-refractivity contribution in [3.8, 4) is 0 Å². The Bertz CT molecular complexity index is 357. The molecule has 0 amide bonds. The first-order valence-electron chi connectivity index (χ1n) is 10.8. The molecule has 0 N–H and O–H groups in total. The number of hydrogen-bond acceptors (Lipinski definition) is 4. The molecule has 0 fully saturated rings. The van der Waals surface area contributed by atoms with Crippen molar-refractivity contribution in [2.75, 3.05) is 20.1 Å². The maximum Gasteiger partial charge on any atom is 0.306 e. The summed E-state index contributed by atoms with van der Waals surface area (Å²) in [6.07, 6.45) is 14.1. The summed E-state index contributed by atoms with van der Waals surface area (Å²) >= 11 is 0. The lowest BCUT2D eigenvalue weighted by molar-refractivity contribution is -0.148. The van der Waals surface area contributed by atoms with Gasteiger partial charge in [-0.2, -0.15) is 0 Å². The molecule has 0 radical (unpaired) electrons. The number of esters is 1. The summed E-state index contributed by atoms with van der Waals surface area (Å²) in [4.78, 5) is 24.8. The molecule has 4 nitrogen and oxygen atoms in total. The predicted octanol–water partition coefficient (Wildman–Crippen LogP) is 5.53. The minimum Gasteiger partial charge on any atom is -0.463 e. The second-order valence-corrected chi connectivity index (χ2v) is 7.75. The number of ketones is 1. The van der Waals surface area contributed by atoms with Crippen LogP contribution in [0.1, 0.15) is 104 Å². The second kappa shape index (κ2) is 17.5. The van der Waals surface area contributed by atoms with E-state index in [-0.39, 0.29) is 12.1 Å². The van der Waals surface area contributed by atoms with Crippen LogP contribution in [0, 0.1) is 0 Å². The van der Waals surface area contributed by atoms with Crippen LogP contribution in [-0.4, -0.2) is 42.9 Å². The number of ether oxygens (including phenoxy) is 1. The lowest BCUT2D eigenvalue weighted by atomic mass is 10.1. The van der Waals surface area contributed by atoms with E-state index < -0.39 is 0 Å². The molecule has 4 heteroatoms. The van der Waals surface area contributed by atoms with Gasteiger partial charge in [0.25, 0.3) is 0 Å². The summed E-state index contributed by atoms with van der Waals surface area (Å²) in [5.41, 5.74) is 0. The normalized spacial score (nSPS) is 12.3. The Labute approximate surface area is 162 Å². The van der Waals surface area contributed by atoms with Crippen molar-refractivity contribution in [2.45, 2.75) is 110 Å². The van der Waals surface area contributed by atoms with Gasteiger partial charge >= 0.3 is 5.97 Å². The second-order valence-electron chi connectivity index (χ2n) is 7.75. The fourth-order valence-corrected chi connectivity index (χ4v) is 2.95. The van der Waals surface area contributed by atoms with Gasteiger partial charge in [-0.3, -0.25) is 4.79 Å². The third kappa shape index (κ3) is 17.9. The average Bonchev–Trinajstić information content (AvgIpc) is 2.59. The molecule has 26 heavy (non-hydrogen) atoms. The van der Waals surface area contributed by atoms with Crippen LogP contribution in [0.3, 0.4) is 0 Å². The van der Waals surface area contributed by atoms with Gasteiger partial charge in [0, 0.05) is 12.8 Å². The van der Waals surface area contributed by atoms with Gasteiger partial charge in [-0.25, -0.2) is 0 Å². The van der Waals surface area contributed by atoms with Crippen LogP contribution in [0.5, 0.6) is 0 Å². The standard InChI is InChI=1S/C22H43NO3/c1-5-21(3)26-22(25)17-13-9-7-11-15-19-23(4)18-14-10-6-8-12-16-20(2)24/h21H,5-19H2,1-4H3. The molecule has 154 valence electrons. The number of unbranched alkanes of at least 4 members (excludes halogenated alkanes) is 8. The molecular formula is C22H43NO3. The minimum absolute atomic E-state index is 0.0413. The van der Waals surface area contributed by atoms with Gasteiger partial charge in [0.15, 0.2) is 0 Å². The van der Waals surface area contributed by atoms with E-state index in [0.29, 0.717) is 12.2 Å². The van der Waals surface area contributed by atoms with Gasteiger partial charge in [0.2, 0.25) is 0 Å². The van der Waals surface area contributed by atoms with E-state index in [1.807, 2.05) is 13.8 Å². The lowest BCUT2D eigenvalue weighted by Gasteiger charge is -2.16. The van der Waals surface area contributed by atoms with Crippen molar-refractivity contribution in [3.63, 3.8) is 0 Å². The summed E-state index contributed by atoms with van der Waals surface area (Å²) < 4.78 is 5.28. The Kier molecular flexibility index (Phi) is 16.9. The van der Waals surface area contributed by atoms with Gasteiger partial charge in [-0.1, -0.05) is 45.4 Å². The van der Waals surface area contributed by atoms with Gasteiger partial charge in [-0.05, 0) is 66.1 Å². The first kappa shape index (κ1) is 25.1. The highest BCUT2D eigenvalue weighted by Crippen LogP contribution is 2.09. The largest absolute Gasteiger partial charge is 0.463 e. The number of carbonyl (C=O) groups is 2. The maximum absolute atomic E-state index is 11.6. The van der Waals surface area contributed by atoms with Crippen LogP contribution in [0.25, 0.3) is 0 Å². The van der Waals surface area contributed by atoms with Crippen LogP contribution in [0.15, 0.2) is 0 Å². The fourth-order valence-electron chi connectivity index (χ4n) is 2.95. The Morgan fingerprint density at radius 2 is 1.27 bits per heavy atom. The van der Waals surface area contributed by atoms with Crippen molar-refractivity contribution in [1.29, 1.82) is 0 Å². The number of carbonyl (C=O) groups excluding carboxylic acids is 2. The molecule has 0 aliphatic rings. The summed E-state index contributed by atoms with van der Waals surface area (Å²) in [6, 6.07) is 0. The smallest absolute Gasteiger partial charge is 0.306 e. The first-order valence-corrected chi connectivity index (χ1v) is 10.8. The van der Waals surface area contributed by atoms with E-state index in [4.69, 9.17) is 4.74 Å². The molecule has 0 aliphatic heterocycles. The molecule has 0 aliphatic carbocycles. The molecule has 1 unspecified atom stereocenters. The lowest BCUT2D eigenvalue weighted by Crippen LogP contribution is -2.20.